The highest BCUT2D eigenvalue weighted by atomic mass is 31.2. The van der Waals surface area contributed by atoms with E-state index in [1.54, 1.807) is 42.7 Å². The summed E-state index contributed by atoms with van der Waals surface area (Å²) in [5.74, 6) is -0.965. The highest BCUT2D eigenvalue weighted by Crippen LogP contribution is 2.35. The molecule has 4 aromatic rings. The molecule has 0 aliphatic heterocycles. The number of benzene rings is 2. The van der Waals surface area contributed by atoms with Gasteiger partial charge in [-0.25, -0.2) is 9.67 Å². The van der Waals surface area contributed by atoms with E-state index in [-0.39, 0.29) is 16.8 Å². The molecule has 10 heteroatoms. The van der Waals surface area contributed by atoms with Gasteiger partial charge in [-0.1, -0.05) is 42.5 Å². The van der Waals surface area contributed by atoms with Crippen LogP contribution in [-0.4, -0.2) is 42.3 Å². The average Bonchev–Trinajstić information content (AvgIpc) is 3.32. The zero-order valence-electron chi connectivity index (χ0n) is 17.0. The normalized spacial score (nSPS) is 13.8. The summed E-state index contributed by atoms with van der Waals surface area (Å²) in [6, 6.07) is 16.8. The molecule has 2 atom stereocenters. The summed E-state index contributed by atoms with van der Waals surface area (Å²) in [7, 11) is -3.49. The van der Waals surface area contributed by atoms with Crippen LogP contribution in [0.2, 0.25) is 0 Å². The van der Waals surface area contributed by atoms with Gasteiger partial charge < -0.3 is 15.3 Å². The first-order chi connectivity index (χ1) is 15.3. The molecule has 0 saturated heterocycles. The van der Waals surface area contributed by atoms with Gasteiger partial charge in [0.05, 0.1) is 6.04 Å². The van der Waals surface area contributed by atoms with E-state index in [0.29, 0.717) is 5.56 Å². The van der Waals surface area contributed by atoms with E-state index in [9.17, 15) is 19.4 Å². The first-order valence-corrected chi connectivity index (χ1v) is 11.8. The van der Waals surface area contributed by atoms with Crippen molar-refractivity contribution < 1.29 is 19.4 Å². The molecule has 4 rings (SSSR count). The van der Waals surface area contributed by atoms with Crippen LogP contribution in [0.15, 0.2) is 79.3 Å². The lowest BCUT2D eigenvalue weighted by Crippen LogP contribution is -2.30. The number of nitrogens with one attached hydrogen (secondary N) is 1. The van der Waals surface area contributed by atoms with E-state index >= 15 is 0 Å². The molecule has 1 amide bonds. The third kappa shape index (κ3) is 4.59. The molecular weight excluding hydrogens is 429 g/mol. The second-order valence-corrected chi connectivity index (χ2v) is 9.42. The Hall–Kier alpha value is -3.81. The molecule has 2 heterocycles. The highest BCUT2D eigenvalue weighted by Gasteiger charge is 2.23. The fourth-order valence-corrected chi connectivity index (χ4v) is 3.95. The van der Waals surface area contributed by atoms with Gasteiger partial charge in [0.15, 0.2) is 0 Å². The molecule has 2 unspecified atom stereocenters. The molecule has 2 aromatic carbocycles. The summed E-state index contributed by atoms with van der Waals surface area (Å²) in [5, 5.41) is 17.5. The van der Waals surface area contributed by atoms with Crippen molar-refractivity contribution in [1.82, 2.24) is 25.1 Å². The van der Waals surface area contributed by atoms with Gasteiger partial charge in [0, 0.05) is 30.6 Å². The third-order valence-corrected chi connectivity index (χ3v) is 6.04. The molecular formula is C22H20N5O4P. The van der Waals surface area contributed by atoms with E-state index in [1.165, 1.54) is 17.5 Å². The van der Waals surface area contributed by atoms with E-state index in [2.05, 4.69) is 20.4 Å². The van der Waals surface area contributed by atoms with Crippen LogP contribution in [0.4, 0.5) is 0 Å². The number of hydrogen-bond donors (Lipinski definition) is 3. The van der Waals surface area contributed by atoms with Crippen molar-refractivity contribution in [1.29, 1.82) is 0 Å². The minimum atomic E-state index is -3.49. The Balaban J connectivity index is 1.68. The summed E-state index contributed by atoms with van der Waals surface area (Å²) >= 11 is 0. The lowest BCUT2D eigenvalue weighted by molar-refractivity contribution is 0.0939. The predicted molar refractivity (Wildman–Crippen MR) is 118 cm³/mol. The lowest BCUT2D eigenvalue weighted by Gasteiger charge is -2.21. The second-order valence-electron chi connectivity index (χ2n) is 7.15. The Labute approximate surface area is 183 Å². The first-order valence-electron chi connectivity index (χ1n) is 9.65. The fraction of sp³-hybridized carbons (Fsp3) is 0.0909. The minimum absolute atomic E-state index is 0.110. The summed E-state index contributed by atoms with van der Waals surface area (Å²) in [6.45, 7) is 1.26. The average molecular weight is 449 g/mol. The van der Waals surface area contributed by atoms with Gasteiger partial charge in [-0.05, 0) is 29.3 Å². The Morgan fingerprint density at radius 2 is 1.84 bits per heavy atom. The van der Waals surface area contributed by atoms with Gasteiger partial charge in [0.1, 0.15) is 5.56 Å². The molecule has 0 radical (unpaired) electrons. The first kappa shape index (κ1) is 21.4. The smallest absolute Gasteiger partial charge is 0.259 e. The maximum atomic E-state index is 13.0. The quantitative estimate of drug-likeness (QED) is 0.385. The van der Waals surface area contributed by atoms with E-state index in [0.717, 1.165) is 5.56 Å². The van der Waals surface area contributed by atoms with Crippen molar-refractivity contribution in [3.63, 3.8) is 0 Å². The Morgan fingerprint density at radius 1 is 1.09 bits per heavy atom. The van der Waals surface area contributed by atoms with Crippen molar-refractivity contribution >= 4 is 18.6 Å². The monoisotopic (exact) mass is 449 g/mol. The number of aromatic hydroxyl groups is 1. The summed E-state index contributed by atoms with van der Waals surface area (Å²) in [6.07, 6.45) is 4.38. The molecule has 162 valence electrons. The zero-order valence-corrected chi connectivity index (χ0v) is 17.9. The van der Waals surface area contributed by atoms with Crippen LogP contribution in [0.25, 0.3) is 5.95 Å². The Morgan fingerprint density at radius 3 is 2.50 bits per heavy atom. The number of carbonyl (C=O) groups is 1. The fourth-order valence-electron chi connectivity index (χ4n) is 3.20. The minimum Gasteiger partial charge on any atom is -0.493 e. The van der Waals surface area contributed by atoms with Crippen molar-refractivity contribution in [3.05, 3.63) is 95.9 Å². The number of hydrogen-bond acceptors (Lipinski definition) is 6. The maximum Gasteiger partial charge on any atom is 0.259 e. The second kappa shape index (κ2) is 8.74. The van der Waals surface area contributed by atoms with Gasteiger partial charge in [0.25, 0.3) is 11.9 Å². The van der Waals surface area contributed by atoms with Crippen LogP contribution in [0, 0.1) is 0 Å². The predicted octanol–water partition coefficient (Wildman–Crippen LogP) is 2.41. The van der Waals surface area contributed by atoms with E-state index < -0.39 is 25.2 Å². The van der Waals surface area contributed by atoms with Crippen LogP contribution in [0.5, 0.6) is 5.88 Å². The summed E-state index contributed by atoms with van der Waals surface area (Å²) < 4.78 is 13.5. The van der Waals surface area contributed by atoms with Crippen LogP contribution >= 0.6 is 7.37 Å². The van der Waals surface area contributed by atoms with Crippen LogP contribution < -0.4 is 10.6 Å². The summed E-state index contributed by atoms with van der Waals surface area (Å²) in [5.41, 5.74) is 1.27. The zero-order chi connectivity index (χ0) is 22.7. The Kier molecular flexibility index (Phi) is 5.85. The molecule has 0 spiro atoms. The number of nitrogens with zero attached hydrogens (tertiary/aromatic N) is 4. The Bertz CT molecular complexity index is 1290. The van der Waals surface area contributed by atoms with Crippen molar-refractivity contribution in [2.45, 2.75) is 6.04 Å². The van der Waals surface area contributed by atoms with Gasteiger partial charge in [-0.2, -0.15) is 10.1 Å². The van der Waals surface area contributed by atoms with Gasteiger partial charge in [-0.15, -0.1) is 0 Å². The standard InChI is InChI=1S/C22H20N5O4P/c1-32(30,31)17-10-5-9-16(13-17)19(15-7-3-2-4-8-15)25-20(28)18-14-23-22(26-21(18)29)27-12-6-11-24-27/h2-14,19H,1H3,(H,25,28)(H,30,31)(H,23,26,29). The van der Waals surface area contributed by atoms with Gasteiger partial charge in [-0.3, -0.25) is 9.36 Å². The molecule has 0 fully saturated rings. The van der Waals surface area contributed by atoms with Crippen LogP contribution in [0.3, 0.4) is 0 Å². The highest BCUT2D eigenvalue weighted by molar-refractivity contribution is 7.65. The molecule has 0 aliphatic rings. The summed E-state index contributed by atoms with van der Waals surface area (Å²) in [4.78, 5) is 31.1. The van der Waals surface area contributed by atoms with Crippen molar-refractivity contribution in [2.75, 3.05) is 6.66 Å². The molecule has 0 aliphatic carbocycles. The van der Waals surface area contributed by atoms with Crippen molar-refractivity contribution in [3.8, 4) is 11.8 Å². The van der Waals surface area contributed by atoms with Crippen LogP contribution in [0.1, 0.15) is 27.5 Å². The topological polar surface area (TPSA) is 130 Å². The van der Waals surface area contributed by atoms with Crippen molar-refractivity contribution in [2.24, 2.45) is 0 Å². The van der Waals surface area contributed by atoms with E-state index in [4.69, 9.17) is 0 Å². The largest absolute Gasteiger partial charge is 0.493 e. The van der Waals surface area contributed by atoms with E-state index in [1.807, 2.05) is 30.3 Å². The third-order valence-electron chi connectivity index (χ3n) is 4.80. The van der Waals surface area contributed by atoms with Gasteiger partial charge in [0.2, 0.25) is 13.2 Å². The SMILES string of the molecule is CP(=O)(O)c1cccc(C(NC(=O)c2cnc(-n3cccn3)nc2O)c2ccccc2)c1. The molecule has 3 N–H and O–H groups in total. The number of carbonyl (C=O) groups excluding carboxylic acids is 1. The number of amides is 1. The lowest BCUT2D eigenvalue weighted by atomic mass is 9.98. The number of aromatic nitrogens is 4. The maximum absolute atomic E-state index is 13.0. The molecule has 32 heavy (non-hydrogen) atoms. The molecule has 9 nitrogen and oxygen atoms in total. The number of rotatable bonds is 6. The van der Waals surface area contributed by atoms with Gasteiger partial charge >= 0.3 is 0 Å². The molecule has 2 aromatic heterocycles. The molecule has 0 bridgehead atoms. The van der Waals surface area contributed by atoms with Crippen LogP contribution in [-0.2, 0) is 4.57 Å². The molecule has 0 saturated carbocycles.